The van der Waals surface area contributed by atoms with E-state index in [-0.39, 0.29) is 18.1 Å². The molecular weight excluding hydrogens is 222 g/mol. The van der Waals surface area contributed by atoms with Crippen molar-refractivity contribution < 1.29 is 9.90 Å². The number of nitrogens with one attached hydrogen (secondary N) is 1. The Balaban J connectivity index is 1.91. The molecule has 1 saturated carbocycles. The molecule has 2 N–H and O–H groups in total. The maximum atomic E-state index is 11.9. The van der Waals surface area contributed by atoms with Crippen molar-refractivity contribution >= 4 is 17.2 Å². The van der Waals surface area contributed by atoms with Crippen molar-refractivity contribution in [3.05, 3.63) is 21.9 Å². The summed E-state index contributed by atoms with van der Waals surface area (Å²) in [5.74, 6) is 0.0360. The van der Waals surface area contributed by atoms with Crippen molar-refractivity contribution in [2.75, 3.05) is 0 Å². The Morgan fingerprint density at radius 1 is 1.44 bits per heavy atom. The molecule has 0 radical (unpaired) electrons. The molecular formula is C12H17NO2S. The SMILES string of the molecule is Cc1ccsc1C(=O)NC1CCC(O)CC1. The molecule has 1 fully saturated rings. The lowest BCUT2D eigenvalue weighted by molar-refractivity contribution is 0.0871. The molecule has 88 valence electrons. The van der Waals surface area contributed by atoms with Crippen molar-refractivity contribution in [2.45, 2.75) is 44.8 Å². The standard InChI is InChI=1S/C12H17NO2S/c1-8-6-7-16-11(8)12(15)13-9-2-4-10(14)5-3-9/h6-7,9-10,14H,2-5H2,1H3,(H,13,15). The highest BCUT2D eigenvalue weighted by Crippen LogP contribution is 2.20. The molecule has 1 aliphatic rings. The van der Waals surface area contributed by atoms with Crippen LogP contribution in [0.15, 0.2) is 11.4 Å². The number of aliphatic hydroxyl groups is 1. The van der Waals surface area contributed by atoms with Gasteiger partial charge < -0.3 is 10.4 Å². The summed E-state index contributed by atoms with van der Waals surface area (Å²) in [6.45, 7) is 1.95. The van der Waals surface area contributed by atoms with Gasteiger partial charge >= 0.3 is 0 Å². The van der Waals surface area contributed by atoms with Crippen LogP contribution in [0.4, 0.5) is 0 Å². The summed E-state index contributed by atoms with van der Waals surface area (Å²) in [4.78, 5) is 12.7. The van der Waals surface area contributed by atoms with Crippen LogP contribution in [0.3, 0.4) is 0 Å². The van der Waals surface area contributed by atoms with Gasteiger partial charge in [0.25, 0.3) is 5.91 Å². The minimum Gasteiger partial charge on any atom is -0.393 e. The molecule has 2 rings (SSSR count). The van der Waals surface area contributed by atoms with E-state index in [1.165, 1.54) is 11.3 Å². The third-order valence-corrected chi connectivity index (χ3v) is 4.12. The number of rotatable bonds is 2. The Bertz CT molecular complexity index is 367. The maximum Gasteiger partial charge on any atom is 0.261 e. The number of carbonyl (C=O) groups is 1. The van der Waals surface area contributed by atoms with E-state index in [1.54, 1.807) is 0 Å². The third-order valence-electron chi connectivity index (χ3n) is 3.10. The molecule has 1 aromatic heterocycles. The topological polar surface area (TPSA) is 49.3 Å². The first kappa shape index (κ1) is 11.6. The highest BCUT2D eigenvalue weighted by molar-refractivity contribution is 7.12. The second-order valence-electron chi connectivity index (χ2n) is 4.41. The molecule has 16 heavy (non-hydrogen) atoms. The first-order chi connectivity index (χ1) is 7.66. The first-order valence-corrected chi connectivity index (χ1v) is 6.58. The fourth-order valence-corrected chi connectivity index (χ4v) is 2.90. The zero-order valence-electron chi connectivity index (χ0n) is 9.40. The summed E-state index contributed by atoms with van der Waals surface area (Å²) in [7, 11) is 0. The van der Waals surface area contributed by atoms with Crippen molar-refractivity contribution in [3.63, 3.8) is 0 Å². The molecule has 0 aliphatic heterocycles. The summed E-state index contributed by atoms with van der Waals surface area (Å²) < 4.78 is 0. The summed E-state index contributed by atoms with van der Waals surface area (Å²) >= 11 is 1.49. The zero-order chi connectivity index (χ0) is 11.5. The molecule has 0 aromatic carbocycles. The zero-order valence-corrected chi connectivity index (χ0v) is 10.2. The molecule has 3 nitrogen and oxygen atoms in total. The number of hydrogen-bond donors (Lipinski definition) is 2. The lowest BCUT2D eigenvalue weighted by Crippen LogP contribution is -2.38. The van der Waals surface area contributed by atoms with Crippen LogP contribution in [-0.2, 0) is 0 Å². The highest BCUT2D eigenvalue weighted by Gasteiger charge is 2.22. The fraction of sp³-hybridized carbons (Fsp3) is 0.583. The Hall–Kier alpha value is -0.870. The summed E-state index contributed by atoms with van der Waals surface area (Å²) in [5.41, 5.74) is 1.04. The number of thiophene rings is 1. The van der Waals surface area contributed by atoms with Gasteiger partial charge in [-0.2, -0.15) is 0 Å². The van der Waals surface area contributed by atoms with Gasteiger partial charge in [-0.1, -0.05) is 0 Å². The number of aryl methyl sites for hydroxylation is 1. The van der Waals surface area contributed by atoms with Crippen LogP contribution in [0.1, 0.15) is 40.9 Å². The van der Waals surface area contributed by atoms with E-state index in [4.69, 9.17) is 0 Å². The van der Waals surface area contributed by atoms with Gasteiger partial charge in [0.15, 0.2) is 0 Å². The predicted molar refractivity (Wildman–Crippen MR) is 64.8 cm³/mol. The first-order valence-electron chi connectivity index (χ1n) is 5.70. The minimum absolute atomic E-state index is 0.0360. The lowest BCUT2D eigenvalue weighted by atomic mass is 9.93. The van der Waals surface area contributed by atoms with E-state index >= 15 is 0 Å². The van der Waals surface area contributed by atoms with Crippen molar-refractivity contribution in [1.82, 2.24) is 5.32 Å². The van der Waals surface area contributed by atoms with Gasteiger partial charge in [-0.15, -0.1) is 11.3 Å². The number of amides is 1. The molecule has 0 bridgehead atoms. The molecule has 1 amide bonds. The van der Waals surface area contributed by atoms with Gasteiger partial charge in [0, 0.05) is 6.04 Å². The second-order valence-corrected chi connectivity index (χ2v) is 5.33. The van der Waals surface area contributed by atoms with Crippen molar-refractivity contribution in [2.24, 2.45) is 0 Å². The molecule has 1 heterocycles. The normalized spacial score (nSPS) is 25.4. The van der Waals surface area contributed by atoms with Crippen LogP contribution in [0.5, 0.6) is 0 Å². The molecule has 0 unspecified atom stereocenters. The Morgan fingerprint density at radius 2 is 2.12 bits per heavy atom. The van der Waals surface area contributed by atoms with E-state index < -0.39 is 0 Å². The van der Waals surface area contributed by atoms with Gasteiger partial charge in [0.05, 0.1) is 11.0 Å². The molecule has 0 spiro atoms. The molecule has 1 aromatic rings. The fourth-order valence-electron chi connectivity index (χ4n) is 2.08. The molecule has 4 heteroatoms. The van der Waals surface area contributed by atoms with Crippen molar-refractivity contribution in [3.8, 4) is 0 Å². The van der Waals surface area contributed by atoms with Crippen LogP contribution in [0.25, 0.3) is 0 Å². The van der Waals surface area contributed by atoms with E-state index in [0.29, 0.717) is 0 Å². The smallest absolute Gasteiger partial charge is 0.261 e. The van der Waals surface area contributed by atoms with Crippen LogP contribution in [0, 0.1) is 6.92 Å². The average molecular weight is 239 g/mol. The van der Waals surface area contributed by atoms with Crippen LogP contribution in [0.2, 0.25) is 0 Å². The van der Waals surface area contributed by atoms with Crippen LogP contribution < -0.4 is 5.32 Å². The second kappa shape index (κ2) is 4.97. The van der Waals surface area contributed by atoms with E-state index in [1.807, 2.05) is 18.4 Å². The summed E-state index contributed by atoms with van der Waals surface area (Å²) in [6.07, 6.45) is 3.20. The Morgan fingerprint density at radius 3 is 2.69 bits per heavy atom. The Kier molecular flexibility index (Phi) is 3.61. The van der Waals surface area contributed by atoms with Gasteiger partial charge in [0.2, 0.25) is 0 Å². The van der Waals surface area contributed by atoms with Crippen LogP contribution in [-0.4, -0.2) is 23.2 Å². The highest BCUT2D eigenvalue weighted by atomic mass is 32.1. The average Bonchev–Trinajstić information content (AvgIpc) is 2.68. The molecule has 0 saturated heterocycles. The largest absolute Gasteiger partial charge is 0.393 e. The number of carbonyl (C=O) groups excluding carboxylic acids is 1. The minimum atomic E-state index is -0.170. The van der Waals surface area contributed by atoms with Crippen molar-refractivity contribution in [1.29, 1.82) is 0 Å². The monoisotopic (exact) mass is 239 g/mol. The van der Waals surface area contributed by atoms with E-state index in [9.17, 15) is 9.90 Å². The van der Waals surface area contributed by atoms with Gasteiger partial charge in [-0.3, -0.25) is 4.79 Å². The molecule has 0 atom stereocenters. The Labute approximate surface area is 99.5 Å². The maximum absolute atomic E-state index is 11.9. The van der Waals surface area contributed by atoms with Gasteiger partial charge in [0.1, 0.15) is 0 Å². The summed E-state index contributed by atoms with van der Waals surface area (Å²) in [5, 5.41) is 14.4. The van der Waals surface area contributed by atoms with E-state index in [2.05, 4.69) is 5.32 Å². The van der Waals surface area contributed by atoms with Crippen LogP contribution >= 0.6 is 11.3 Å². The molecule has 1 aliphatic carbocycles. The van der Waals surface area contributed by atoms with Gasteiger partial charge in [-0.25, -0.2) is 0 Å². The predicted octanol–water partition coefficient (Wildman–Crippen LogP) is 2.09. The number of aliphatic hydroxyl groups excluding tert-OH is 1. The third kappa shape index (κ3) is 2.62. The lowest BCUT2D eigenvalue weighted by Gasteiger charge is -2.26. The quantitative estimate of drug-likeness (QED) is 0.830. The van der Waals surface area contributed by atoms with Gasteiger partial charge in [-0.05, 0) is 49.6 Å². The number of hydrogen-bond acceptors (Lipinski definition) is 3. The van der Waals surface area contributed by atoms with E-state index in [0.717, 1.165) is 36.1 Å². The summed E-state index contributed by atoms with van der Waals surface area (Å²) in [6, 6.07) is 2.20.